The second kappa shape index (κ2) is 14.5. The predicted molar refractivity (Wildman–Crippen MR) is 200 cm³/mol. The van der Waals surface area contributed by atoms with Gasteiger partial charge in [0.2, 0.25) is 5.75 Å². The maximum absolute atomic E-state index is 15.0. The molecule has 10 heteroatoms. The topological polar surface area (TPSA) is 78.5 Å². The summed E-state index contributed by atoms with van der Waals surface area (Å²) in [5.74, 6) is 0.576. The number of esters is 1. The van der Waals surface area contributed by atoms with Gasteiger partial charge in [-0.1, -0.05) is 54.6 Å². The van der Waals surface area contributed by atoms with Gasteiger partial charge in [0.1, 0.15) is 6.10 Å². The third-order valence-corrected chi connectivity index (χ3v) is 10.0. The van der Waals surface area contributed by atoms with Gasteiger partial charge in [-0.2, -0.15) is 0 Å². The van der Waals surface area contributed by atoms with Gasteiger partial charge >= 0.3 is 5.97 Å². The van der Waals surface area contributed by atoms with E-state index in [4.69, 9.17) is 23.7 Å². The number of nitrogens with one attached hydrogen (secondary N) is 1. The largest absolute Gasteiger partial charge is 0.494 e. The van der Waals surface area contributed by atoms with Crippen molar-refractivity contribution in [1.29, 1.82) is 0 Å². The van der Waals surface area contributed by atoms with E-state index in [2.05, 4.69) is 51.5 Å². The van der Waals surface area contributed by atoms with Crippen molar-refractivity contribution >= 4 is 45.8 Å². The molecule has 8 nitrogen and oxygen atoms in total. The third-order valence-electron chi connectivity index (χ3n) is 9.10. The van der Waals surface area contributed by atoms with Crippen LogP contribution < -0.4 is 28.0 Å². The molecule has 2 aliphatic heterocycles. The molecule has 1 unspecified atom stereocenters. The molecule has 5 aromatic carbocycles. The van der Waals surface area contributed by atoms with Crippen molar-refractivity contribution < 1.29 is 32.9 Å². The Labute approximate surface area is 301 Å². The molecule has 0 amide bonds. The summed E-state index contributed by atoms with van der Waals surface area (Å²) in [6.07, 6.45) is 0.227. The minimum Gasteiger partial charge on any atom is -0.494 e. The van der Waals surface area contributed by atoms with E-state index in [0.717, 1.165) is 29.9 Å². The van der Waals surface area contributed by atoms with Crippen molar-refractivity contribution in [3.05, 3.63) is 125 Å². The first-order chi connectivity index (χ1) is 24.8. The highest BCUT2D eigenvalue weighted by Gasteiger charge is 2.37. The molecule has 0 saturated heterocycles. The fraction of sp³-hybridized carbons (Fsp3) is 0.244. The molecule has 0 bridgehead atoms. The van der Waals surface area contributed by atoms with Gasteiger partial charge in [0.05, 0.1) is 56.5 Å². The van der Waals surface area contributed by atoms with Crippen molar-refractivity contribution in [1.82, 2.24) is 0 Å². The number of methoxy groups -OCH3 is 3. The second-order valence-electron chi connectivity index (χ2n) is 12.7. The lowest BCUT2D eigenvalue weighted by Gasteiger charge is -2.20. The van der Waals surface area contributed by atoms with Gasteiger partial charge in [0.15, 0.2) is 23.1 Å². The van der Waals surface area contributed by atoms with Crippen LogP contribution >= 0.6 is 12.1 Å². The average Bonchev–Trinajstić information content (AvgIpc) is 3.69. The number of cyclic esters (lactones) is 1. The lowest BCUT2D eigenvalue weighted by atomic mass is 9.90. The Morgan fingerprint density at radius 2 is 1.63 bits per heavy atom. The van der Waals surface area contributed by atoms with E-state index in [9.17, 15) is 4.79 Å². The highest BCUT2D eigenvalue weighted by atomic mass is 32.2. The van der Waals surface area contributed by atoms with Crippen LogP contribution in [0.2, 0.25) is 0 Å². The average molecular weight is 707 g/mol. The first kappa shape index (κ1) is 34.1. The fourth-order valence-electron chi connectivity index (χ4n) is 6.75. The third kappa shape index (κ3) is 6.76. The van der Waals surface area contributed by atoms with Crippen LogP contribution in [0.1, 0.15) is 42.2 Å². The van der Waals surface area contributed by atoms with Crippen LogP contribution in [0.3, 0.4) is 0 Å². The van der Waals surface area contributed by atoms with Crippen LogP contribution in [0, 0.1) is 5.82 Å². The number of halogens is 1. The molecule has 5 aromatic rings. The number of nitrogens with zero attached hydrogens (tertiary/aromatic N) is 1. The number of hydrogen-bond acceptors (Lipinski definition) is 9. The number of carbonyl (C=O) groups is 1. The number of rotatable bonds is 12. The standard InChI is InChI=1S/C41H39FN2O6S/c1-24(2)49-40-36(47-4)20-25(21-37(40)48-5)19-31-38(41(45)50-39(31)29-14-16-35(46-3)32(42)22-29)28-13-15-34-33(23-28)43-51-44(34)18-17-27-11-8-10-26-9-6-7-12-30(26)27/h6-16,20-24,39,43H,17-19H2,1-5H3. The predicted octanol–water partition coefficient (Wildman–Crippen LogP) is 9.12. The summed E-state index contributed by atoms with van der Waals surface area (Å²) in [5, 5.41) is 2.49. The van der Waals surface area contributed by atoms with Gasteiger partial charge < -0.3 is 28.4 Å². The number of ether oxygens (including phenoxy) is 5. The van der Waals surface area contributed by atoms with Gasteiger partial charge in [-0.25, -0.2) is 9.18 Å². The zero-order chi connectivity index (χ0) is 35.6. The molecule has 2 heterocycles. The van der Waals surface area contributed by atoms with Crippen LogP contribution in [0.4, 0.5) is 15.8 Å². The summed E-state index contributed by atoms with van der Waals surface area (Å²) in [6.45, 7) is 4.65. The highest BCUT2D eigenvalue weighted by molar-refractivity contribution is 8.02. The van der Waals surface area contributed by atoms with Crippen molar-refractivity contribution in [2.45, 2.75) is 38.9 Å². The van der Waals surface area contributed by atoms with Crippen LogP contribution in [0.15, 0.2) is 96.6 Å². The number of anilines is 2. The number of hydrogen-bond donors (Lipinski definition) is 1. The number of fused-ring (bicyclic) bond motifs is 2. The van der Waals surface area contributed by atoms with E-state index in [-0.39, 0.29) is 11.9 Å². The summed E-state index contributed by atoms with van der Waals surface area (Å²) in [6, 6.07) is 29.2. The van der Waals surface area contributed by atoms with E-state index in [0.29, 0.717) is 45.9 Å². The molecule has 2 aliphatic rings. The van der Waals surface area contributed by atoms with Gasteiger partial charge in [0, 0.05) is 6.54 Å². The molecule has 51 heavy (non-hydrogen) atoms. The van der Waals surface area contributed by atoms with Crippen LogP contribution in [0.5, 0.6) is 23.0 Å². The Morgan fingerprint density at radius 1 is 0.882 bits per heavy atom. The molecular formula is C41H39FN2O6S. The quantitative estimate of drug-likeness (QED) is 0.101. The zero-order valence-corrected chi connectivity index (χ0v) is 29.9. The molecule has 7 rings (SSSR count). The van der Waals surface area contributed by atoms with E-state index in [1.807, 2.05) is 44.2 Å². The SMILES string of the molecule is COc1ccc(C2OC(=O)C(c3ccc4c(c3)NSN4CCc3cccc4ccccc34)=C2Cc2cc(OC)c(OC(C)C)c(OC)c2)cc1F. The highest BCUT2D eigenvalue weighted by Crippen LogP contribution is 2.47. The molecular weight excluding hydrogens is 668 g/mol. The smallest absolute Gasteiger partial charge is 0.339 e. The zero-order valence-electron chi connectivity index (χ0n) is 29.1. The number of carbonyl (C=O) groups excluding carboxylic acids is 1. The number of benzene rings is 5. The molecule has 1 N–H and O–H groups in total. The molecule has 1 atom stereocenters. The second-order valence-corrected chi connectivity index (χ2v) is 13.5. The summed E-state index contributed by atoms with van der Waals surface area (Å²) in [7, 11) is 4.56. The summed E-state index contributed by atoms with van der Waals surface area (Å²) < 4.78 is 49.3. The van der Waals surface area contributed by atoms with Gasteiger partial charge in [-0.3, -0.25) is 4.31 Å². The lowest BCUT2D eigenvalue weighted by Crippen LogP contribution is -2.15. The summed E-state index contributed by atoms with van der Waals surface area (Å²) >= 11 is 1.53. The first-order valence-electron chi connectivity index (χ1n) is 16.8. The lowest BCUT2D eigenvalue weighted by molar-refractivity contribution is -0.138. The Morgan fingerprint density at radius 3 is 2.35 bits per heavy atom. The van der Waals surface area contributed by atoms with E-state index in [1.165, 1.54) is 41.6 Å². The van der Waals surface area contributed by atoms with Crippen molar-refractivity contribution in [2.24, 2.45) is 0 Å². The maximum atomic E-state index is 15.0. The van der Waals surface area contributed by atoms with Crippen molar-refractivity contribution in [2.75, 3.05) is 36.9 Å². The first-order valence-corrected chi connectivity index (χ1v) is 17.6. The summed E-state index contributed by atoms with van der Waals surface area (Å²) in [5.41, 5.74) is 6.34. The van der Waals surface area contributed by atoms with Gasteiger partial charge in [-0.15, -0.1) is 0 Å². The molecule has 262 valence electrons. The van der Waals surface area contributed by atoms with Crippen LogP contribution in [-0.2, 0) is 22.4 Å². The normalized spacial score (nSPS) is 15.2. The van der Waals surface area contributed by atoms with Crippen molar-refractivity contribution in [3.8, 4) is 23.0 Å². The Hall–Kier alpha value is -5.35. The van der Waals surface area contributed by atoms with Gasteiger partial charge in [0.25, 0.3) is 0 Å². The molecule has 0 spiro atoms. The minimum absolute atomic E-state index is 0.108. The molecule has 0 aliphatic carbocycles. The molecule has 0 saturated carbocycles. The Bertz CT molecular complexity index is 2120. The molecule has 0 aromatic heterocycles. The van der Waals surface area contributed by atoms with Crippen molar-refractivity contribution in [3.63, 3.8) is 0 Å². The van der Waals surface area contributed by atoms with Crippen LogP contribution in [0.25, 0.3) is 16.3 Å². The monoisotopic (exact) mass is 706 g/mol. The Kier molecular flexibility index (Phi) is 9.69. The van der Waals surface area contributed by atoms with E-state index < -0.39 is 17.9 Å². The van der Waals surface area contributed by atoms with E-state index in [1.54, 1.807) is 26.4 Å². The van der Waals surface area contributed by atoms with Gasteiger partial charge in [-0.05, 0) is 102 Å². The van der Waals surface area contributed by atoms with Crippen LogP contribution in [-0.4, -0.2) is 39.9 Å². The molecule has 0 fully saturated rings. The van der Waals surface area contributed by atoms with E-state index >= 15 is 4.39 Å². The molecule has 0 radical (unpaired) electrons. The Balaban J connectivity index is 1.25. The summed E-state index contributed by atoms with van der Waals surface area (Å²) in [4.78, 5) is 13.8. The maximum Gasteiger partial charge on any atom is 0.339 e. The fourth-order valence-corrected chi connectivity index (χ4v) is 7.56. The minimum atomic E-state index is -0.829.